The fraction of sp³-hybridized carbons (Fsp3) is 0.545. The summed E-state index contributed by atoms with van der Waals surface area (Å²) in [5, 5.41) is 0. The molecular formula is C11H16BrN3. The first kappa shape index (κ1) is 10.7. The molecule has 0 aliphatic carbocycles. The normalized spacial score (nSPS) is 21.7. The van der Waals surface area contributed by atoms with Crippen LogP contribution in [0.1, 0.15) is 19.8 Å². The Hall–Kier alpha value is -0.770. The molecule has 0 amide bonds. The number of aromatic nitrogens is 1. The maximum Gasteiger partial charge on any atom is 0.125 e. The number of nitrogens with two attached hydrogens (primary N) is 1. The number of piperidine rings is 1. The number of hydrogen-bond acceptors (Lipinski definition) is 3. The van der Waals surface area contributed by atoms with Crippen molar-refractivity contribution in [3.63, 3.8) is 0 Å². The molecule has 1 aromatic heterocycles. The van der Waals surface area contributed by atoms with Crippen molar-refractivity contribution >= 4 is 27.4 Å². The van der Waals surface area contributed by atoms with Crippen molar-refractivity contribution in [1.82, 2.24) is 4.98 Å². The molecule has 0 bridgehead atoms. The summed E-state index contributed by atoms with van der Waals surface area (Å²) in [6.45, 7) is 4.53. The van der Waals surface area contributed by atoms with E-state index in [4.69, 9.17) is 5.73 Å². The highest BCUT2D eigenvalue weighted by Crippen LogP contribution is 2.30. The van der Waals surface area contributed by atoms with Gasteiger partial charge in [0.1, 0.15) is 5.82 Å². The first-order valence-electron chi connectivity index (χ1n) is 5.33. The first-order chi connectivity index (χ1) is 7.16. The average Bonchev–Trinajstić information content (AvgIpc) is 2.22. The summed E-state index contributed by atoms with van der Waals surface area (Å²) >= 11 is 3.53. The van der Waals surface area contributed by atoms with E-state index in [1.165, 1.54) is 18.5 Å². The van der Waals surface area contributed by atoms with Gasteiger partial charge in [-0.15, -0.1) is 0 Å². The van der Waals surface area contributed by atoms with Gasteiger partial charge in [-0.1, -0.05) is 6.92 Å². The lowest BCUT2D eigenvalue weighted by Crippen LogP contribution is -2.34. The van der Waals surface area contributed by atoms with Gasteiger partial charge in [-0.3, -0.25) is 0 Å². The second-order valence-electron chi connectivity index (χ2n) is 4.25. The van der Waals surface area contributed by atoms with Crippen LogP contribution in [-0.2, 0) is 0 Å². The van der Waals surface area contributed by atoms with E-state index in [1.54, 1.807) is 6.20 Å². The molecule has 82 valence electrons. The Kier molecular flexibility index (Phi) is 3.14. The van der Waals surface area contributed by atoms with Crippen LogP contribution < -0.4 is 10.6 Å². The van der Waals surface area contributed by atoms with Crippen molar-refractivity contribution in [2.24, 2.45) is 5.92 Å². The van der Waals surface area contributed by atoms with Crippen LogP contribution in [0.3, 0.4) is 0 Å². The maximum absolute atomic E-state index is 5.71. The lowest BCUT2D eigenvalue weighted by molar-refractivity contribution is 0.446. The lowest BCUT2D eigenvalue weighted by Gasteiger charge is -2.33. The Morgan fingerprint density at radius 2 is 2.40 bits per heavy atom. The highest BCUT2D eigenvalue weighted by atomic mass is 79.9. The molecule has 2 N–H and O–H groups in total. The summed E-state index contributed by atoms with van der Waals surface area (Å²) in [4.78, 5) is 6.44. The zero-order valence-electron chi connectivity index (χ0n) is 8.91. The molecule has 1 aromatic rings. The number of anilines is 2. The maximum atomic E-state index is 5.71. The van der Waals surface area contributed by atoms with Crippen molar-refractivity contribution in [3.05, 3.63) is 16.7 Å². The smallest absolute Gasteiger partial charge is 0.125 e. The fourth-order valence-electron chi connectivity index (χ4n) is 2.09. The molecule has 1 unspecified atom stereocenters. The van der Waals surface area contributed by atoms with Crippen molar-refractivity contribution in [2.75, 3.05) is 23.7 Å². The predicted molar refractivity (Wildman–Crippen MR) is 67.0 cm³/mol. The average molecular weight is 270 g/mol. The number of nitrogens with zero attached hydrogens (tertiary/aromatic N) is 2. The van der Waals surface area contributed by atoms with Gasteiger partial charge in [0.15, 0.2) is 0 Å². The molecule has 2 rings (SSSR count). The summed E-state index contributed by atoms with van der Waals surface area (Å²) in [6.07, 6.45) is 4.37. The molecule has 2 heterocycles. The van der Waals surface area contributed by atoms with Crippen LogP contribution in [-0.4, -0.2) is 18.1 Å². The van der Waals surface area contributed by atoms with E-state index in [0.29, 0.717) is 5.82 Å². The van der Waals surface area contributed by atoms with E-state index in [1.807, 2.05) is 6.07 Å². The molecule has 1 fully saturated rings. The van der Waals surface area contributed by atoms with Gasteiger partial charge in [-0.25, -0.2) is 4.98 Å². The molecule has 3 nitrogen and oxygen atoms in total. The summed E-state index contributed by atoms with van der Waals surface area (Å²) in [5.74, 6) is 1.35. The van der Waals surface area contributed by atoms with Crippen molar-refractivity contribution in [3.8, 4) is 0 Å². The molecule has 0 saturated carbocycles. The van der Waals surface area contributed by atoms with Gasteiger partial charge < -0.3 is 10.6 Å². The molecule has 1 aliphatic rings. The van der Waals surface area contributed by atoms with Gasteiger partial charge in [0.05, 0.1) is 10.2 Å². The van der Waals surface area contributed by atoms with Crippen molar-refractivity contribution < 1.29 is 0 Å². The standard InChI is InChI=1S/C11H16BrN3/c1-8-3-2-4-15(7-8)10-5-11(13)14-6-9(10)12/h5-6,8H,2-4,7H2,1H3,(H2,13,14). The predicted octanol–water partition coefficient (Wildman–Crippen LogP) is 2.66. The van der Waals surface area contributed by atoms with Gasteiger partial charge in [0, 0.05) is 25.4 Å². The largest absolute Gasteiger partial charge is 0.384 e. The molecule has 1 atom stereocenters. The fourth-order valence-corrected chi connectivity index (χ4v) is 2.56. The van der Waals surface area contributed by atoms with Gasteiger partial charge in [-0.2, -0.15) is 0 Å². The first-order valence-corrected chi connectivity index (χ1v) is 6.12. The summed E-state index contributed by atoms with van der Waals surface area (Å²) < 4.78 is 1.03. The third kappa shape index (κ3) is 2.43. The van der Waals surface area contributed by atoms with E-state index in [0.717, 1.165) is 23.5 Å². The Balaban J connectivity index is 2.24. The third-order valence-corrected chi connectivity index (χ3v) is 3.46. The minimum Gasteiger partial charge on any atom is -0.384 e. The SMILES string of the molecule is CC1CCCN(c2cc(N)ncc2Br)C1. The van der Waals surface area contributed by atoms with E-state index in [-0.39, 0.29) is 0 Å². The van der Waals surface area contributed by atoms with Gasteiger partial charge in [0.2, 0.25) is 0 Å². The Labute approximate surface area is 98.8 Å². The molecule has 0 radical (unpaired) electrons. The topological polar surface area (TPSA) is 42.1 Å². The van der Waals surface area contributed by atoms with Crippen LogP contribution in [0.2, 0.25) is 0 Å². The number of hydrogen-bond donors (Lipinski definition) is 1. The highest BCUT2D eigenvalue weighted by Gasteiger charge is 2.18. The summed E-state index contributed by atoms with van der Waals surface area (Å²) in [6, 6.07) is 1.95. The van der Waals surface area contributed by atoms with Gasteiger partial charge in [-0.05, 0) is 34.7 Å². The molecule has 0 spiro atoms. The van der Waals surface area contributed by atoms with Crippen LogP contribution in [0, 0.1) is 5.92 Å². The van der Waals surface area contributed by atoms with Gasteiger partial charge >= 0.3 is 0 Å². The molecule has 4 heteroatoms. The van der Waals surface area contributed by atoms with E-state index in [2.05, 4.69) is 32.7 Å². The molecule has 1 aliphatic heterocycles. The second kappa shape index (κ2) is 4.39. The van der Waals surface area contributed by atoms with Crippen LogP contribution >= 0.6 is 15.9 Å². The third-order valence-electron chi connectivity index (χ3n) is 2.85. The Bertz CT molecular complexity index is 354. The van der Waals surface area contributed by atoms with E-state index in [9.17, 15) is 0 Å². The Morgan fingerprint density at radius 1 is 1.60 bits per heavy atom. The Morgan fingerprint density at radius 3 is 3.13 bits per heavy atom. The van der Waals surface area contributed by atoms with Gasteiger partial charge in [0.25, 0.3) is 0 Å². The highest BCUT2D eigenvalue weighted by molar-refractivity contribution is 9.10. The number of rotatable bonds is 1. The van der Waals surface area contributed by atoms with Crippen LogP contribution in [0.5, 0.6) is 0 Å². The number of nitrogen functional groups attached to an aromatic ring is 1. The molecule has 1 saturated heterocycles. The molecule has 15 heavy (non-hydrogen) atoms. The minimum atomic E-state index is 0.589. The summed E-state index contributed by atoms with van der Waals surface area (Å²) in [5.41, 5.74) is 6.89. The zero-order valence-corrected chi connectivity index (χ0v) is 10.5. The number of pyridine rings is 1. The van der Waals surface area contributed by atoms with E-state index < -0.39 is 0 Å². The van der Waals surface area contributed by atoms with Crippen LogP contribution in [0.25, 0.3) is 0 Å². The summed E-state index contributed by atoms with van der Waals surface area (Å²) in [7, 11) is 0. The molecular weight excluding hydrogens is 254 g/mol. The lowest BCUT2D eigenvalue weighted by atomic mass is 10.00. The van der Waals surface area contributed by atoms with Crippen molar-refractivity contribution in [1.29, 1.82) is 0 Å². The van der Waals surface area contributed by atoms with Crippen LogP contribution in [0.15, 0.2) is 16.7 Å². The van der Waals surface area contributed by atoms with E-state index >= 15 is 0 Å². The quantitative estimate of drug-likeness (QED) is 0.853. The monoisotopic (exact) mass is 269 g/mol. The zero-order chi connectivity index (χ0) is 10.8. The molecule has 0 aromatic carbocycles. The minimum absolute atomic E-state index is 0.589. The van der Waals surface area contributed by atoms with Crippen LogP contribution in [0.4, 0.5) is 11.5 Å². The van der Waals surface area contributed by atoms with Crippen molar-refractivity contribution in [2.45, 2.75) is 19.8 Å². The number of halogens is 1. The second-order valence-corrected chi connectivity index (χ2v) is 5.11.